The van der Waals surface area contributed by atoms with Gasteiger partial charge in [0.05, 0.1) is 6.61 Å². The van der Waals surface area contributed by atoms with Crippen LogP contribution < -0.4 is 0 Å². The first-order valence-electron chi connectivity index (χ1n) is 4.72. The highest BCUT2D eigenvalue weighted by Gasteiger charge is 2.27. The Morgan fingerprint density at radius 1 is 1.25 bits per heavy atom. The van der Waals surface area contributed by atoms with Crippen molar-refractivity contribution in [2.24, 2.45) is 0 Å². The Morgan fingerprint density at radius 2 is 1.92 bits per heavy atom. The van der Waals surface area contributed by atoms with Crippen LogP contribution in [0.2, 0.25) is 0 Å². The van der Waals surface area contributed by atoms with Gasteiger partial charge in [-0.3, -0.25) is 4.90 Å². The van der Waals surface area contributed by atoms with Crippen LogP contribution in [0.5, 0.6) is 0 Å². The van der Waals surface area contributed by atoms with Crippen LogP contribution >= 0.6 is 0 Å². The minimum atomic E-state index is 0.279. The van der Waals surface area contributed by atoms with E-state index in [0.717, 1.165) is 19.6 Å². The van der Waals surface area contributed by atoms with E-state index >= 15 is 0 Å². The zero-order valence-electron chi connectivity index (χ0n) is 8.32. The van der Waals surface area contributed by atoms with E-state index in [2.05, 4.69) is 30.7 Å². The average Bonchev–Trinajstić information content (AvgIpc) is 2.07. The van der Waals surface area contributed by atoms with Gasteiger partial charge in [-0.1, -0.05) is 0 Å². The minimum absolute atomic E-state index is 0.279. The van der Waals surface area contributed by atoms with E-state index in [0.29, 0.717) is 12.1 Å². The second-order valence-electron chi connectivity index (χ2n) is 3.72. The first kappa shape index (κ1) is 9.96. The summed E-state index contributed by atoms with van der Waals surface area (Å²) in [6.07, 6.45) is 0. The van der Waals surface area contributed by atoms with E-state index in [1.165, 1.54) is 0 Å². The molecule has 1 heterocycles. The van der Waals surface area contributed by atoms with E-state index in [4.69, 9.17) is 5.11 Å². The summed E-state index contributed by atoms with van der Waals surface area (Å²) in [5.74, 6) is 0. The highest BCUT2D eigenvalue weighted by atomic mass is 16.3. The fraction of sp³-hybridized carbons (Fsp3) is 1.00. The Bertz CT molecular complexity index is 140. The van der Waals surface area contributed by atoms with Crippen LogP contribution in [-0.4, -0.2) is 60.3 Å². The summed E-state index contributed by atoms with van der Waals surface area (Å²) in [7, 11) is 2.16. The molecule has 0 aromatic carbocycles. The van der Waals surface area contributed by atoms with Gasteiger partial charge < -0.3 is 10.0 Å². The lowest BCUT2D eigenvalue weighted by Crippen LogP contribution is -2.56. The van der Waals surface area contributed by atoms with E-state index in [-0.39, 0.29) is 6.61 Å². The highest BCUT2D eigenvalue weighted by molar-refractivity contribution is 4.84. The zero-order chi connectivity index (χ0) is 9.14. The van der Waals surface area contributed by atoms with Gasteiger partial charge in [-0.2, -0.15) is 0 Å². The average molecular weight is 172 g/mol. The van der Waals surface area contributed by atoms with Gasteiger partial charge in [-0.25, -0.2) is 0 Å². The maximum absolute atomic E-state index is 8.83. The normalized spacial score (nSPS) is 34.0. The molecular formula is C9H20N2O. The standard InChI is InChI=1S/C9H20N2O/c1-8-9(2)11(6-7-12)5-4-10(8)3/h8-9,12H,4-7H2,1-3H3. The van der Waals surface area contributed by atoms with Gasteiger partial charge in [0.25, 0.3) is 0 Å². The van der Waals surface area contributed by atoms with Crippen molar-refractivity contribution in [3.8, 4) is 0 Å². The van der Waals surface area contributed by atoms with Crippen LogP contribution in [0.1, 0.15) is 13.8 Å². The number of rotatable bonds is 2. The van der Waals surface area contributed by atoms with Gasteiger partial charge in [0.1, 0.15) is 0 Å². The first-order valence-corrected chi connectivity index (χ1v) is 4.72. The molecule has 0 saturated carbocycles. The van der Waals surface area contributed by atoms with Crippen molar-refractivity contribution < 1.29 is 5.11 Å². The molecule has 72 valence electrons. The predicted molar refractivity (Wildman–Crippen MR) is 50.2 cm³/mol. The Labute approximate surface area is 75.0 Å². The molecule has 0 aromatic heterocycles. The Kier molecular flexibility index (Phi) is 3.50. The van der Waals surface area contributed by atoms with Crippen LogP contribution in [0.3, 0.4) is 0 Å². The van der Waals surface area contributed by atoms with Gasteiger partial charge in [0, 0.05) is 31.7 Å². The lowest BCUT2D eigenvalue weighted by atomic mass is 10.1. The molecule has 3 nitrogen and oxygen atoms in total. The molecule has 0 bridgehead atoms. The summed E-state index contributed by atoms with van der Waals surface area (Å²) < 4.78 is 0. The zero-order valence-corrected chi connectivity index (χ0v) is 8.32. The van der Waals surface area contributed by atoms with Crippen LogP contribution in [-0.2, 0) is 0 Å². The number of aliphatic hydroxyl groups is 1. The van der Waals surface area contributed by atoms with Crippen LogP contribution in [0.4, 0.5) is 0 Å². The van der Waals surface area contributed by atoms with E-state index in [1.807, 2.05) is 0 Å². The van der Waals surface area contributed by atoms with Crippen molar-refractivity contribution >= 4 is 0 Å². The number of β-amino-alcohol motifs (C(OH)–C–C–N with tert-alkyl or cyclic N) is 1. The summed E-state index contributed by atoms with van der Waals surface area (Å²) in [5.41, 5.74) is 0. The third-order valence-electron chi connectivity index (χ3n) is 3.10. The molecule has 0 aromatic rings. The van der Waals surface area contributed by atoms with Crippen molar-refractivity contribution in [1.82, 2.24) is 9.80 Å². The lowest BCUT2D eigenvalue weighted by Gasteiger charge is -2.43. The van der Waals surface area contributed by atoms with E-state index in [1.54, 1.807) is 0 Å². The SMILES string of the molecule is CC1C(C)N(CCO)CCN1C. The third kappa shape index (κ3) is 1.97. The molecule has 0 radical (unpaired) electrons. The maximum Gasteiger partial charge on any atom is 0.0558 e. The molecular weight excluding hydrogens is 152 g/mol. The highest BCUT2D eigenvalue weighted by Crippen LogP contribution is 2.14. The molecule has 1 aliphatic rings. The summed E-state index contributed by atoms with van der Waals surface area (Å²) in [6, 6.07) is 1.17. The summed E-state index contributed by atoms with van der Waals surface area (Å²) in [5, 5.41) is 8.83. The molecule has 1 saturated heterocycles. The summed E-state index contributed by atoms with van der Waals surface area (Å²) >= 11 is 0. The van der Waals surface area contributed by atoms with Crippen molar-refractivity contribution in [2.45, 2.75) is 25.9 Å². The number of aliphatic hydroxyl groups excluding tert-OH is 1. The van der Waals surface area contributed by atoms with Crippen LogP contribution in [0.15, 0.2) is 0 Å². The summed E-state index contributed by atoms with van der Waals surface area (Å²) in [6.45, 7) is 7.78. The molecule has 12 heavy (non-hydrogen) atoms. The quantitative estimate of drug-likeness (QED) is 0.635. The van der Waals surface area contributed by atoms with Gasteiger partial charge in [-0.05, 0) is 20.9 Å². The Morgan fingerprint density at radius 3 is 2.50 bits per heavy atom. The Hall–Kier alpha value is -0.120. The topological polar surface area (TPSA) is 26.7 Å². The first-order chi connectivity index (χ1) is 5.66. The number of hydrogen-bond donors (Lipinski definition) is 1. The van der Waals surface area contributed by atoms with Crippen molar-refractivity contribution in [1.29, 1.82) is 0 Å². The van der Waals surface area contributed by atoms with E-state index in [9.17, 15) is 0 Å². The second kappa shape index (κ2) is 4.21. The fourth-order valence-electron chi connectivity index (χ4n) is 1.81. The smallest absolute Gasteiger partial charge is 0.0558 e. The molecule has 2 atom stereocenters. The van der Waals surface area contributed by atoms with Crippen LogP contribution in [0, 0.1) is 0 Å². The number of hydrogen-bond acceptors (Lipinski definition) is 3. The predicted octanol–water partition coefficient (Wildman–Crippen LogP) is 0.00310. The van der Waals surface area contributed by atoms with Gasteiger partial charge >= 0.3 is 0 Å². The monoisotopic (exact) mass is 172 g/mol. The van der Waals surface area contributed by atoms with Gasteiger partial charge in [0.2, 0.25) is 0 Å². The Balaban J connectivity index is 2.46. The minimum Gasteiger partial charge on any atom is -0.395 e. The number of piperazine rings is 1. The number of likely N-dealkylation sites (N-methyl/N-ethyl adjacent to an activating group) is 1. The number of nitrogens with zero attached hydrogens (tertiary/aromatic N) is 2. The lowest BCUT2D eigenvalue weighted by molar-refractivity contribution is 0.0411. The van der Waals surface area contributed by atoms with Crippen LogP contribution in [0.25, 0.3) is 0 Å². The second-order valence-corrected chi connectivity index (χ2v) is 3.72. The van der Waals surface area contributed by atoms with E-state index < -0.39 is 0 Å². The molecule has 1 aliphatic heterocycles. The molecule has 2 unspecified atom stereocenters. The van der Waals surface area contributed by atoms with Crippen molar-refractivity contribution in [2.75, 3.05) is 33.3 Å². The maximum atomic E-state index is 8.83. The molecule has 0 amide bonds. The van der Waals surface area contributed by atoms with Gasteiger partial charge in [-0.15, -0.1) is 0 Å². The molecule has 1 N–H and O–H groups in total. The van der Waals surface area contributed by atoms with Crippen molar-refractivity contribution in [3.05, 3.63) is 0 Å². The van der Waals surface area contributed by atoms with Crippen molar-refractivity contribution in [3.63, 3.8) is 0 Å². The molecule has 0 aliphatic carbocycles. The fourth-order valence-corrected chi connectivity index (χ4v) is 1.81. The third-order valence-corrected chi connectivity index (χ3v) is 3.10. The molecule has 0 spiro atoms. The largest absolute Gasteiger partial charge is 0.395 e. The molecule has 3 heteroatoms. The summed E-state index contributed by atoms with van der Waals surface area (Å²) in [4.78, 5) is 4.73. The molecule has 1 fully saturated rings. The molecule has 1 rings (SSSR count). The van der Waals surface area contributed by atoms with Gasteiger partial charge in [0.15, 0.2) is 0 Å².